The highest BCUT2D eigenvalue weighted by Crippen LogP contribution is 2.27. The van der Waals surface area contributed by atoms with Gasteiger partial charge >= 0.3 is 5.69 Å². The number of rotatable bonds is 4. The highest BCUT2D eigenvalue weighted by molar-refractivity contribution is 6.31. The van der Waals surface area contributed by atoms with Gasteiger partial charge in [0.1, 0.15) is 5.82 Å². The molecule has 3 heterocycles. The predicted molar refractivity (Wildman–Crippen MR) is 121 cm³/mol. The molecule has 1 saturated heterocycles. The van der Waals surface area contributed by atoms with Gasteiger partial charge in [-0.05, 0) is 73.0 Å². The number of imidazole rings is 1. The van der Waals surface area contributed by atoms with Gasteiger partial charge in [-0.3, -0.25) is 14.5 Å². The topological polar surface area (TPSA) is 53.9 Å². The average Bonchev–Trinajstić information content (AvgIpc) is 3.10. The fourth-order valence-corrected chi connectivity index (χ4v) is 4.58. The third-order valence-corrected chi connectivity index (χ3v) is 6.21. The van der Waals surface area contributed by atoms with E-state index in [-0.39, 0.29) is 17.5 Å². The number of H-pyrrole nitrogens is 1. The Hall–Kier alpha value is -2.96. The van der Waals surface area contributed by atoms with Crippen LogP contribution in [0, 0.1) is 5.82 Å². The normalized spacial score (nSPS) is 15.5. The summed E-state index contributed by atoms with van der Waals surface area (Å²) in [6.07, 6.45) is 3.62. The quantitative estimate of drug-likeness (QED) is 0.488. The lowest BCUT2D eigenvalue weighted by atomic mass is 10.0. The SMILES string of the molecule is O=c1[nH]c2cc(Cl)ccc2n1C1CCN(Cc2ccnc(-c3ccc(F)cc3)c2)CC1. The smallest absolute Gasteiger partial charge is 0.305 e. The first kappa shape index (κ1) is 20.0. The number of piperidine rings is 1. The lowest BCUT2D eigenvalue weighted by Crippen LogP contribution is -2.36. The van der Waals surface area contributed by atoms with Crippen molar-refractivity contribution in [1.82, 2.24) is 19.4 Å². The van der Waals surface area contributed by atoms with Gasteiger partial charge in [-0.15, -0.1) is 0 Å². The Morgan fingerprint density at radius 2 is 1.84 bits per heavy atom. The van der Waals surface area contributed by atoms with Gasteiger partial charge in [0.05, 0.1) is 16.7 Å². The van der Waals surface area contributed by atoms with E-state index < -0.39 is 0 Å². The van der Waals surface area contributed by atoms with E-state index >= 15 is 0 Å². The zero-order chi connectivity index (χ0) is 21.4. The van der Waals surface area contributed by atoms with Crippen molar-refractivity contribution in [2.45, 2.75) is 25.4 Å². The molecule has 2 aromatic heterocycles. The van der Waals surface area contributed by atoms with E-state index in [0.717, 1.165) is 54.8 Å². The molecule has 0 atom stereocenters. The summed E-state index contributed by atoms with van der Waals surface area (Å²) in [5.74, 6) is -0.250. The van der Waals surface area contributed by atoms with Gasteiger partial charge in [0.2, 0.25) is 0 Å². The van der Waals surface area contributed by atoms with Crippen LogP contribution in [0.4, 0.5) is 4.39 Å². The molecule has 1 N–H and O–H groups in total. The van der Waals surface area contributed by atoms with Crippen molar-refractivity contribution in [3.05, 3.63) is 87.7 Å². The molecule has 0 bridgehead atoms. The molecular weight excluding hydrogens is 415 g/mol. The number of pyridine rings is 1. The summed E-state index contributed by atoms with van der Waals surface area (Å²) in [4.78, 5) is 22.3. The number of aromatic amines is 1. The number of nitrogens with zero attached hydrogens (tertiary/aromatic N) is 3. The van der Waals surface area contributed by atoms with Crippen LogP contribution in [-0.2, 0) is 6.54 Å². The van der Waals surface area contributed by atoms with Crippen molar-refractivity contribution < 1.29 is 4.39 Å². The summed E-state index contributed by atoms with van der Waals surface area (Å²) < 4.78 is 15.1. The van der Waals surface area contributed by atoms with E-state index in [1.165, 1.54) is 17.7 Å². The van der Waals surface area contributed by atoms with Crippen LogP contribution in [0.2, 0.25) is 5.02 Å². The Labute approximate surface area is 184 Å². The van der Waals surface area contributed by atoms with Gasteiger partial charge in [-0.25, -0.2) is 9.18 Å². The number of fused-ring (bicyclic) bond motifs is 1. The van der Waals surface area contributed by atoms with Crippen LogP contribution in [0.25, 0.3) is 22.3 Å². The molecule has 5 nitrogen and oxygen atoms in total. The van der Waals surface area contributed by atoms with Gasteiger partial charge < -0.3 is 4.98 Å². The van der Waals surface area contributed by atoms with Gasteiger partial charge in [0.25, 0.3) is 0 Å². The number of halogens is 2. The second-order valence-electron chi connectivity index (χ2n) is 8.03. The summed E-state index contributed by atoms with van der Waals surface area (Å²) in [5.41, 5.74) is 4.54. The molecule has 0 aliphatic carbocycles. The second kappa shape index (κ2) is 8.29. The van der Waals surface area contributed by atoms with E-state index in [1.54, 1.807) is 24.4 Å². The standard InChI is InChI=1S/C24H22ClFN4O/c25-18-3-6-23-22(14-18)28-24(31)30(23)20-8-11-29(12-9-20)15-16-7-10-27-21(13-16)17-1-4-19(26)5-2-17/h1-7,10,13-14,20H,8-9,11-12,15H2,(H,28,31). The number of hydrogen-bond acceptors (Lipinski definition) is 3. The fourth-order valence-electron chi connectivity index (χ4n) is 4.41. The minimum absolute atomic E-state index is 0.0752. The van der Waals surface area contributed by atoms with Crippen LogP contribution in [0.1, 0.15) is 24.4 Å². The first-order chi connectivity index (χ1) is 15.1. The molecule has 0 saturated carbocycles. The minimum atomic E-state index is -0.250. The summed E-state index contributed by atoms with van der Waals surface area (Å²) in [5, 5.41) is 0.619. The molecule has 0 unspecified atom stereocenters. The first-order valence-electron chi connectivity index (χ1n) is 10.4. The number of aromatic nitrogens is 3. The molecule has 0 amide bonds. The van der Waals surface area contributed by atoms with Gasteiger partial charge in [0.15, 0.2) is 0 Å². The molecule has 1 aliphatic heterocycles. The van der Waals surface area contributed by atoms with Gasteiger partial charge in [-0.2, -0.15) is 0 Å². The zero-order valence-corrected chi connectivity index (χ0v) is 17.6. The maximum absolute atomic E-state index is 13.2. The second-order valence-corrected chi connectivity index (χ2v) is 8.46. The largest absolute Gasteiger partial charge is 0.326 e. The lowest BCUT2D eigenvalue weighted by molar-refractivity contribution is 0.180. The number of hydrogen-bond donors (Lipinski definition) is 1. The molecular formula is C24H22ClFN4O. The molecule has 31 heavy (non-hydrogen) atoms. The fraction of sp³-hybridized carbons (Fsp3) is 0.250. The molecule has 2 aromatic carbocycles. The summed E-state index contributed by atoms with van der Waals surface area (Å²) in [6.45, 7) is 2.64. The van der Waals surface area contributed by atoms with E-state index in [2.05, 4.69) is 20.9 Å². The molecule has 4 aromatic rings. The number of likely N-dealkylation sites (tertiary alicyclic amines) is 1. The maximum Gasteiger partial charge on any atom is 0.326 e. The highest BCUT2D eigenvalue weighted by atomic mass is 35.5. The van der Waals surface area contributed by atoms with Crippen molar-refractivity contribution >= 4 is 22.6 Å². The summed E-state index contributed by atoms with van der Waals surface area (Å²) in [6, 6.07) is 16.2. The summed E-state index contributed by atoms with van der Waals surface area (Å²) in [7, 11) is 0. The van der Waals surface area contributed by atoms with Crippen molar-refractivity contribution in [3.8, 4) is 11.3 Å². The van der Waals surface area contributed by atoms with E-state index in [1.807, 2.05) is 22.8 Å². The number of nitrogens with one attached hydrogen (secondary N) is 1. The molecule has 1 fully saturated rings. The number of benzene rings is 2. The van der Waals surface area contributed by atoms with E-state index in [4.69, 9.17) is 11.6 Å². The van der Waals surface area contributed by atoms with Crippen molar-refractivity contribution in [2.75, 3.05) is 13.1 Å². The zero-order valence-electron chi connectivity index (χ0n) is 16.9. The maximum atomic E-state index is 13.2. The molecule has 0 spiro atoms. The van der Waals surface area contributed by atoms with Crippen molar-refractivity contribution in [1.29, 1.82) is 0 Å². The van der Waals surface area contributed by atoms with Crippen LogP contribution < -0.4 is 5.69 Å². The van der Waals surface area contributed by atoms with E-state index in [9.17, 15) is 9.18 Å². The van der Waals surface area contributed by atoms with Gasteiger partial charge in [-0.1, -0.05) is 11.6 Å². The molecule has 1 aliphatic rings. The molecule has 0 radical (unpaired) electrons. The monoisotopic (exact) mass is 436 g/mol. The Morgan fingerprint density at radius 3 is 2.61 bits per heavy atom. The summed E-state index contributed by atoms with van der Waals surface area (Å²) >= 11 is 6.06. The third kappa shape index (κ3) is 4.13. The lowest BCUT2D eigenvalue weighted by Gasteiger charge is -2.32. The Morgan fingerprint density at radius 1 is 1.06 bits per heavy atom. The van der Waals surface area contributed by atoms with Crippen LogP contribution in [0.15, 0.2) is 65.6 Å². The molecule has 7 heteroatoms. The first-order valence-corrected chi connectivity index (χ1v) is 10.8. The highest BCUT2D eigenvalue weighted by Gasteiger charge is 2.23. The molecule has 158 valence electrons. The van der Waals surface area contributed by atoms with Crippen molar-refractivity contribution in [2.24, 2.45) is 0 Å². The van der Waals surface area contributed by atoms with Crippen molar-refractivity contribution in [3.63, 3.8) is 0 Å². The predicted octanol–water partition coefficient (Wildman–Crippen LogP) is 5.02. The van der Waals surface area contributed by atoms with Crippen LogP contribution in [0.3, 0.4) is 0 Å². The van der Waals surface area contributed by atoms with Crippen LogP contribution in [-0.4, -0.2) is 32.5 Å². The molecule has 5 rings (SSSR count). The van der Waals surface area contributed by atoms with E-state index in [0.29, 0.717) is 5.02 Å². The van der Waals surface area contributed by atoms with Crippen LogP contribution in [0.5, 0.6) is 0 Å². The average molecular weight is 437 g/mol. The Bertz CT molecular complexity index is 1270. The Kier molecular flexibility index (Phi) is 5.34. The Balaban J connectivity index is 1.28. The third-order valence-electron chi connectivity index (χ3n) is 5.97. The van der Waals surface area contributed by atoms with Gasteiger partial charge in [0, 0.05) is 42.5 Å². The minimum Gasteiger partial charge on any atom is -0.305 e. The van der Waals surface area contributed by atoms with Crippen LogP contribution >= 0.6 is 11.6 Å².